The van der Waals surface area contributed by atoms with Crippen molar-refractivity contribution in [1.29, 1.82) is 0 Å². The molecule has 1 aliphatic rings. The van der Waals surface area contributed by atoms with Crippen molar-refractivity contribution in [3.63, 3.8) is 0 Å². The van der Waals surface area contributed by atoms with Crippen molar-refractivity contribution in [3.8, 4) is 0 Å². The predicted molar refractivity (Wildman–Crippen MR) is 99.4 cm³/mol. The minimum Gasteiger partial charge on any atom is -0.395 e. The molecule has 0 amide bonds. The van der Waals surface area contributed by atoms with Crippen molar-refractivity contribution in [1.82, 2.24) is 18.2 Å². The molecular weight excluding hydrogens is 395 g/mol. The van der Waals surface area contributed by atoms with Crippen molar-refractivity contribution in [2.45, 2.75) is 19.3 Å². The molecule has 0 aliphatic carbocycles. The van der Waals surface area contributed by atoms with Gasteiger partial charge >= 0.3 is 0 Å². The molecule has 0 unspecified atom stereocenters. The first-order valence-corrected chi connectivity index (χ1v) is 9.50. The fourth-order valence-corrected chi connectivity index (χ4v) is 3.47. The Morgan fingerprint density at radius 1 is 0.727 bits per heavy atom. The van der Waals surface area contributed by atoms with Crippen LogP contribution in [0.5, 0.6) is 0 Å². The molecule has 3 N–H and O–H groups in total. The molecule has 1 saturated heterocycles. The van der Waals surface area contributed by atoms with E-state index in [1.165, 1.54) is 6.42 Å². The van der Waals surface area contributed by atoms with Gasteiger partial charge in [-0.2, -0.15) is 0 Å². The average Bonchev–Trinajstić information content (AvgIpc) is 2.50. The largest absolute Gasteiger partial charge is 0.395 e. The van der Waals surface area contributed by atoms with E-state index in [0.29, 0.717) is 0 Å². The second-order valence-corrected chi connectivity index (χ2v) is 7.22. The van der Waals surface area contributed by atoms with Crippen LogP contribution in [0.2, 0.25) is 0 Å². The van der Waals surface area contributed by atoms with Gasteiger partial charge in [0.05, 0.1) is 13.2 Å². The predicted octanol–water partition coefficient (Wildman–Crippen LogP) is 0.000500. The lowest BCUT2D eigenvalue weighted by Crippen LogP contribution is -2.37. The summed E-state index contributed by atoms with van der Waals surface area (Å²) in [6.07, 6.45) is 3.41. The van der Waals surface area contributed by atoms with Crippen LogP contribution in [0.3, 0.4) is 0 Å². The monoisotopic (exact) mass is 428 g/mol. The maximum absolute atomic E-state index is 9.21. The normalized spacial score (nSPS) is 23.0. The van der Waals surface area contributed by atoms with Crippen LogP contribution in [-0.4, -0.2) is 102 Å². The molecule has 0 spiro atoms. The zero-order valence-electron chi connectivity index (χ0n) is 13.7. The molecule has 1 rings (SSSR count). The average molecular weight is 428 g/mol. The smallest absolute Gasteiger partial charge is 0.0558 e. The van der Waals surface area contributed by atoms with E-state index >= 15 is 0 Å². The summed E-state index contributed by atoms with van der Waals surface area (Å²) in [7, 11) is 0. The lowest BCUT2D eigenvalue weighted by molar-refractivity contribution is 0.167. The minimum atomic E-state index is 0.226. The van der Waals surface area contributed by atoms with E-state index in [1.54, 1.807) is 0 Å². The van der Waals surface area contributed by atoms with Crippen molar-refractivity contribution < 1.29 is 10.2 Å². The molecule has 0 radical (unpaired) electrons. The quantitative estimate of drug-likeness (QED) is 0.433. The number of nitrogens with one attached hydrogen (secondary N) is 1. The van der Waals surface area contributed by atoms with Gasteiger partial charge in [0.25, 0.3) is 0 Å². The molecule has 1 heterocycles. The third-order valence-electron chi connectivity index (χ3n) is 4.02. The first kappa shape index (κ1) is 20.5. The third-order valence-corrected chi connectivity index (χ3v) is 4.98. The van der Waals surface area contributed by atoms with Crippen molar-refractivity contribution in [3.05, 3.63) is 0 Å². The summed E-state index contributed by atoms with van der Waals surface area (Å²) in [5.41, 5.74) is 0. The Morgan fingerprint density at radius 3 is 1.91 bits per heavy atom. The highest BCUT2D eigenvalue weighted by Gasteiger charge is 2.09. The van der Waals surface area contributed by atoms with Crippen molar-refractivity contribution in [2.24, 2.45) is 0 Å². The highest BCUT2D eigenvalue weighted by atomic mass is 127. The lowest BCUT2D eigenvalue weighted by atomic mass is 10.3. The summed E-state index contributed by atoms with van der Waals surface area (Å²) in [4.78, 5) is 4.69. The molecule has 22 heavy (non-hydrogen) atoms. The zero-order chi connectivity index (χ0) is 16.0. The van der Waals surface area contributed by atoms with Crippen molar-refractivity contribution >= 4 is 22.9 Å². The molecule has 6 nitrogen and oxygen atoms in total. The topological polar surface area (TPSA) is 62.2 Å². The molecule has 0 aromatic heterocycles. The van der Waals surface area contributed by atoms with Gasteiger partial charge in [0.1, 0.15) is 0 Å². The molecule has 0 saturated carbocycles. The van der Waals surface area contributed by atoms with Gasteiger partial charge in [-0.15, -0.1) is 0 Å². The summed E-state index contributed by atoms with van der Waals surface area (Å²) in [6, 6.07) is 0. The van der Waals surface area contributed by atoms with E-state index in [4.69, 9.17) is 0 Å². The van der Waals surface area contributed by atoms with Gasteiger partial charge in [-0.3, -0.25) is 4.90 Å². The number of hydrogen-bond acceptors (Lipinski definition) is 6. The summed E-state index contributed by atoms with van der Waals surface area (Å²) >= 11 is 2.42. The van der Waals surface area contributed by atoms with Gasteiger partial charge in [0, 0.05) is 62.1 Å². The summed E-state index contributed by atoms with van der Waals surface area (Å²) in [6.45, 7) is 10.3. The molecule has 0 aromatic rings. The Kier molecular flexibility index (Phi) is 13.0. The Morgan fingerprint density at radius 2 is 1.27 bits per heavy atom. The Labute approximate surface area is 149 Å². The minimum absolute atomic E-state index is 0.226. The molecular formula is C15H33IN4O2. The van der Waals surface area contributed by atoms with Crippen LogP contribution < -0.4 is 5.32 Å². The summed E-state index contributed by atoms with van der Waals surface area (Å²) in [5.74, 6) is 0. The van der Waals surface area contributed by atoms with Gasteiger partial charge < -0.3 is 20.4 Å². The Balaban J connectivity index is 2.44. The number of aliphatic hydroxyl groups excluding tert-OH is 2. The van der Waals surface area contributed by atoms with E-state index < -0.39 is 0 Å². The molecule has 1 fully saturated rings. The molecule has 0 aromatic carbocycles. The van der Waals surface area contributed by atoms with Gasteiger partial charge in [-0.05, 0) is 45.4 Å². The number of aliphatic hydroxyl groups is 2. The number of halogens is 1. The summed E-state index contributed by atoms with van der Waals surface area (Å²) in [5, 5.41) is 21.9. The number of hydrogen-bond donors (Lipinski definition) is 3. The van der Waals surface area contributed by atoms with Gasteiger partial charge in [0.15, 0.2) is 0 Å². The number of nitrogens with zero attached hydrogens (tertiary/aromatic N) is 3. The zero-order valence-corrected chi connectivity index (χ0v) is 15.9. The third kappa shape index (κ3) is 10.3. The second kappa shape index (κ2) is 13.9. The Bertz CT molecular complexity index is 262. The van der Waals surface area contributed by atoms with Crippen LogP contribution in [0.25, 0.3) is 0 Å². The van der Waals surface area contributed by atoms with Gasteiger partial charge in [-0.25, -0.2) is 3.11 Å². The number of rotatable bonds is 4. The van der Waals surface area contributed by atoms with E-state index in [0.717, 1.165) is 78.3 Å². The standard InChI is InChI=1S/C15H33IN4O2/c16-20-9-1-4-17-5-11-19(13-15-22)7-2-6-18(12-14-21)8-3-10-20/h17,21-22H,1-15H2. The SMILES string of the molecule is OCCN1CCCN(I)CCCNCCN(CCO)CCC1. The highest BCUT2D eigenvalue weighted by Crippen LogP contribution is 2.04. The Hall–Kier alpha value is 0.490. The van der Waals surface area contributed by atoms with E-state index in [2.05, 4.69) is 41.1 Å². The van der Waals surface area contributed by atoms with Crippen LogP contribution in [0.1, 0.15) is 19.3 Å². The fraction of sp³-hybridized carbons (Fsp3) is 1.00. The highest BCUT2D eigenvalue weighted by molar-refractivity contribution is 14.1. The first-order valence-electron chi connectivity index (χ1n) is 8.54. The number of β-amino-alcohol motifs (C(OH)–C–C–N with tert-alkyl or cyclic N) is 2. The van der Waals surface area contributed by atoms with Crippen LogP contribution in [0, 0.1) is 0 Å². The molecule has 7 heteroatoms. The van der Waals surface area contributed by atoms with E-state index in [-0.39, 0.29) is 13.2 Å². The lowest BCUT2D eigenvalue weighted by Gasteiger charge is -2.25. The van der Waals surface area contributed by atoms with Crippen LogP contribution in [0.4, 0.5) is 0 Å². The van der Waals surface area contributed by atoms with Crippen LogP contribution in [-0.2, 0) is 0 Å². The molecule has 0 atom stereocenters. The van der Waals surface area contributed by atoms with Crippen molar-refractivity contribution in [2.75, 3.05) is 78.7 Å². The fourth-order valence-electron chi connectivity index (χ4n) is 2.79. The maximum Gasteiger partial charge on any atom is 0.0558 e. The first-order chi connectivity index (χ1) is 10.8. The molecule has 1 aliphatic heterocycles. The summed E-state index contributed by atoms with van der Waals surface area (Å²) < 4.78 is 2.37. The van der Waals surface area contributed by atoms with Gasteiger partial charge in [-0.1, -0.05) is 0 Å². The van der Waals surface area contributed by atoms with Crippen LogP contribution in [0.15, 0.2) is 0 Å². The molecule has 0 bridgehead atoms. The molecule has 132 valence electrons. The van der Waals surface area contributed by atoms with E-state index in [9.17, 15) is 10.2 Å². The van der Waals surface area contributed by atoms with E-state index in [1.807, 2.05) is 0 Å². The van der Waals surface area contributed by atoms with Crippen LogP contribution >= 0.6 is 22.9 Å². The maximum atomic E-state index is 9.21. The second-order valence-electron chi connectivity index (χ2n) is 5.85. The van der Waals surface area contributed by atoms with Gasteiger partial charge in [0.2, 0.25) is 0 Å².